The maximum absolute atomic E-state index is 12.4. The van der Waals surface area contributed by atoms with Crippen LogP contribution in [0.15, 0.2) is 12.2 Å². The second kappa shape index (κ2) is 9.56. The van der Waals surface area contributed by atoms with E-state index in [1.54, 1.807) is 0 Å². The van der Waals surface area contributed by atoms with Gasteiger partial charge in [-0.2, -0.15) is 0 Å². The van der Waals surface area contributed by atoms with E-state index in [9.17, 15) is 24.3 Å². The number of carboxylic acid groups (broad SMARTS) is 1. The molecule has 0 aliphatic carbocycles. The topological polar surface area (TPSA) is 121 Å². The molecular weight excluding hydrogens is 504 g/mol. The van der Waals surface area contributed by atoms with Gasteiger partial charge in [0.15, 0.2) is 0 Å². The normalized spacial score (nSPS) is 17.1. The van der Waals surface area contributed by atoms with E-state index in [0.717, 1.165) is 6.92 Å². The molecule has 0 spiro atoms. The van der Waals surface area contributed by atoms with E-state index in [1.807, 2.05) is 0 Å². The fourth-order valence-electron chi connectivity index (χ4n) is 1.78. The number of aliphatic hydroxyl groups is 1. The number of carboxylic acids is 1. The Balaban J connectivity index is 5.63. The quantitative estimate of drug-likeness (QED) is 0.355. The summed E-state index contributed by atoms with van der Waals surface area (Å²) in [5, 5.41) is 21.9. The van der Waals surface area contributed by atoms with E-state index in [1.165, 1.54) is 19.1 Å². The van der Waals surface area contributed by atoms with E-state index in [2.05, 4.69) is 5.32 Å². The molecule has 0 aliphatic rings. The van der Waals surface area contributed by atoms with Gasteiger partial charge < -0.3 is 0 Å². The van der Waals surface area contributed by atoms with Crippen molar-refractivity contribution in [3.63, 3.8) is 0 Å². The van der Waals surface area contributed by atoms with Crippen molar-refractivity contribution in [3.8, 4) is 0 Å². The van der Waals surface area contributed by atoms with E-state index in [-0.39, 0.29) is 61.9 Å². The van der Waals surface area contributed by atoms with Crippen molar-refractivity contribution >= 4 is 23.4 Å². The van der Waals surface area contributed by atoms with E-state index < -0.39 is 36.7 Å². The van der Waals surface area contributed by atoms with Gasteiger partial charge in [0.1, 0.15) is 0 Å². The SMILES string of the molecule is [2H]CC/C=C/[C@H](C(=O)N[CH]([RaH])C(C)=O)[C@@](O)(CC(=O)O)C(C)=O. The average Bonchev–Trinajstić information content (AvgIpc) is 2.41. The molecule has 0 bridgehead atoms. The molecule has 1 unspecified atom stereocenters. The zero-order chi connectivity index (χ0) is 18.2. The van der Waals surface area contributed by atoms with Gasteiger partial charge in [-0.05, 0) is 0 Å². The molecule has 0 radical (unpaired) electrons. The summed E-state index contributed by atoms with van der Waals surface area (Å²) in [6.07, 6.45) is 2.04. The molecule has 0 aromatic carbocycles. The fraction of sp³-hybridized carbons (Fsp3) is 0.571. The molecule has 0 heterocycles. The number of ketones is 2. The number of Topliss-reactive ketones (excluding diaryl/α,β-unsaturated/α-hetero) is 2. The summed E-state index contributed by atoms with van der Waals surface area (Å²) in [6.45, 7) is 2.38. The average molecular weight is 526 g/mol. The third-order valence-electron chi connectivity index (χ3n) is 3.29. The first-order chi connectivity index (χ1) is 10.6. The molecule has 0 saturated carbocycles. The second-order valence-corrected chi connectivity index (χ2v) is 9.83. The molecular formula is C14H21NO6Ra. The van der Waals surface area contributed by atoms with Gasteiger partial charge in [0.25, 0.3) is 0 Å². The van der Waals surface area contributed by atoms with Crippen LogP contribution in [0.2, 0.25) is 0 Å². The van der Waals surface area contributed by atoms with Crippen LogP contribution in [-0.2, 0) is 19.2 Å². The predicted octanol–water partition coefficient (Wildman–Crippen LogP) is -0.324. The number of carbonyl (C=O) groups is 4. The molecule has 3 N–H and O–H groups in total. The van der Waals surface area contributed by atoms with Gasteiger partial charge in [-0.15, -0.1) is 0 Å². The van der Waals surface area contributed by atoms with Crippen LogP contribution in [0.25, 0.3) is 0 Å². The van der Waals surface area contributed by atoms with Gasteiger partial charge in [0.2, 0.25) is 0 Å². The standard InChI is InChI=1S/C14H20NO6.Ra.H/c1-4-5-6-11(13(20)15-8-9(2)16)14(21,10(3)17)7-12(18)19;;/h5-6,8,11,21H,4,7H2,1-3H3,(H,15,20)(H,18,19);;/b6-5+;;/t11-,14-;;/m1../s1/i1D;;. The van der Waals surface area contributed by atoms with Crippen molar-refractivity contribution in [1.82, 2.24) is 5.32 Å². The first-order valence-corrected chi connectivity index (χ1v) is 11.5. The van der Waals surface area contributed by atoms with Crippen LogP contribution in [0.4, 0.5) is 0 Å². The zero-order valence-corrected chi connectivity index (χ0v) is 21.2. The number of allylic oxidation sites excluding steroid dienone is 1. The Hall–Kier alpha value is -0.552. The van der Waals surface area contributed by atoms with Crippen molar-refractivity contribution in [2.24, 2.45) is 5.92 Å². The van der Waals surface area contributed by atoms with Gasteiger partial charge in [-0.25, -0.2) is 0 Å². The van der Waals surface area contributed by atoms with E-state index in [4.69, 9.17) is 6.48 Å². The summed E-state index contributed by atoms with van der Waals surface area (Å²) in [5.41, 5.74) is -2.40. The van der Waals surface area contributed by atoms with Gasteiger partial charge in [-0.1, -0.05) is 0 Å². The summed E-state index contributed by atoms with van der Waals surface area (Å²) in [5.74, 6) is -4.69. The Morgan fingerprint density at radius 2 is 1.95 bits per heavy atom. The molecule has 0 aromatic rings. The number of aliphatic carboxylic acids is 1. The predicted molar refractivity (Wildman–Crippen MR) is 74.8 cm³/mol. The zero-order valence-electron chi connectivity index (χ0n) is 14.0. The number of amides is 1. The van der Waals surface area contributed by atoms with E-state index >= 15 is 0 Å². The minimum absolute atomic E-state index is 0.0452. The summed E-state index contributed by atoms with van der Waals surface area (Å²) in [6, 6.07) is 0. The molecule has 8 heteroatoms. The Kier molecular flexibility index (Phi) is 8.47. The van der Waals surface area contributed by atoms with Gasteiger partial charge in [-0.3, -0.25) is 0 Å². The molecule has 120 valence electrons. The van der Waals surface area contributed by atoms with Crippen molar-refractivity contribution in [3.05, 3.63) is 12.2 Å². The van der Waals surface area contributed by atoms with Crippen LogP contribution < -0.4 is 5.32 Å². The first kappa shape index (κ1) is 19.5. The van der Waals surface area contributed by atoms with Gasteiger partial charge >= 0.3 is 161 Å². The summed E-state index contributed by atoms with van der Waals surface area (Å²) >= 11 is -0.385. The molecule has 7 nitrogen and oxygen atoms in total. The number of nitrogens with one attached hydrogen (secondary N) is 1. The Morgan fingerprint density at radius 3 is 2.36 bits per heavy atom. The third-order valence-corrected chi connectivity index (χ3v) is 7.82. The summed E-state index contributed by atoms with van der Waals surface area (Å²) in [7, 11) is 0. The molecule has 0 aliphatic heterocycles. The van der Waals surface area contributed by atoms with Crippen LogP contribution in [0, 0.1) is 48.7 Å². The monoisotopic (exact) mass is 526 g/mol. The Labute approximate surface area is 159 Å². The van der Waals surface area contributed by atoms with Crippen molar-refractivity contribution in [2.45, 2.75) is 40.3 Å². The summed E-state index contributed by atoms with van der Waals surface area (Å²) in [4.78, 5) is 46.4. The number of hydrogen-bond acceptors (Lipinski definition) is 5. The fourth-order valence-corrected chi connectivity index (χ4v) is 2.95. The third kappa shape index (κ3) is 6.29. The molecule has 1 amide bonds. The van der Waals surface area contributed by atoms with Crippen LogP contribution in [0.5, 0.6) is 0 Å². The van der Waals surface area contributed by atoms with Crippen LogP contribution in [-0.4, -0.2) is 40.3 Å². The maximum atomic E-state index is 12.4. The van der Waals surface area contributed by atoms with Crippen molar-refractivity contribution in [1.29, 1.82) is 0 Å². The van der Waals surface area contributed by atoms with E-state index in [0.29, 0.717) is 0 Å². The van der Waals surface area contributed by atoms with Crippen LogP contribution >= 0.6 is 0 Å². The number of carbonyl (C=O) groups excluding carboxylic acids is 3. The van der Waals surface area contributed by atoms with Crippen LogP contribution in [0.1, 0.15) is 35.0 Å². The first-order valence-electron chi connectivity index (χ1n) is 7.48. The molecule has 3 atom stereocenters. The molecule has 22 heavy (non-hydrogen) atoms. The van der Waals surface area contributed by atoms with Crippen LogP contribution in [0.3, 0.4) is 0 Å². The molecule has 0 saturated heterocycles. The molecule has 0 fully saturated rings. The second-order valence-electron chi connectivity index (χ2n) is 5.09. The summed E-state index contributed by atoms with van der Waals surface area (Å²) < 4.78 is 6.46. The number of rotatable bonds is 9. The van der Waals surface area contributed by atoms with Crippen molar-refractivity contribution in [2.75, 3.05) is 0 Å². The Morgan fingerprint density at radius 1 is 1.36 bits per heavy atom. The molecule has 0 rings (SSSR count). The van der Waals surface area contributed by atoms with Crippen molar-refractivity contribution < 1.29 is 73.6 Å². The molecule has 0 aromatic heterocycles. The minimum atomic E-state index is -2.40. The van der Waals surface area contributed by atoms with Gasteiger partial charge in [0.05, 0.1) is 0 Å². The Bertz CT molecular complexity index is 509. The van der Waals surface area contributed by atoms with Gasteiger partial charge in [0, 0.05) is 0 Å². The number of hydrogen-bond donors (Lipinski definition) is 3.